The van der Waals surface area contributed by atoms with Gasteiger partial charge in [-0.25, -0.2) is 4.68 Å². The Morgan fingerprint density at radius 2 is 2.03 bits per heavy atom. The highest BCUT2D eigenvalue weighted by atomic mass is 35.5. The number of H-pyrrole nitrogens is 1. The summed E-state index contributed by atoms with van der Waals surface area (Å²) in [5, 5.41) is 14.6. The number of rotatable bonds is 4. The number of fused-ring (bicyclic) bond motifs is 2. The Hall–Kier alpha value is -3.13. The third kappa shape index (κ3) is 4.04. The van der Waals surface area contributed by atoms with E-state index >= 15 is 0 Å². The first-order chi connectivity index (χ1) is 15.9. The summed E-state index contributed by atoms with van der Waals surface area (Å²) in [7, 11) is 0. The zero-order valence-electron chi connectivity index (χ0n) is 17.6. The van der Waals surface area contributed by atoms with Crippen molar-refractivity contribution in [2.24, 2.45) is 0 Å². The van der Waals surface area contributed by atoms with Gasteiger partial charge in [0.05, 0.1) is 5.22 Å². The Bertz CT molecular complexity index is 1710. The Kier molecular flexibility index (Phi) is 5.70. The molecule has 3 aromatic rings. The molecule has 2 aromatic carbocycles. The lowest BCUT2D eigenvalue weighted by atomic mass is 10.1. The molecule has 6 nitrogen and oxygen atoms in total. The first-order valence-corrected chi connectivity index (χ1v) is 11.9. The van der Waals surface area contributed by atoms with Crippen molar-refractivity contribution in [2.75, 3.05) is 0 Å². The van der Waals surface area contributed by atoms with E-state index in [1.54, 1.807) is 16.8 Å². The molecule has 166 valence electrons. The highest BCUT2D eigenvalue weighted by Crippen LogP contribution is 2.26. The van der Waals surface area contributed by atoms with Gasteiger partial charge in [-0.1, -0.05) is 65.7 Å². The summed E-state index contributed by atoms with van der Waals surface area (Å²) in [6.45, 7) is 2.58. The lowest BCUT2D eigenvalue weighted by molar-refractivity contribution is 0.750. The van der Waals surface area contributed by atoms with E-state index in [1.165, 1.54) is 11.3 Å². The number of nitrogens with one attached hydrogen (secondary N) is 2. The zero-order valence-corrected chi connectivity index (χ0v) is 19.9. The SMILES string of the molecule is CCC=c1[nH]n2c(=N)c(=Cc3cn(Cc4ccc(Cl)cc4Cl)c4ccccc34)c(=O)nc-2s1. The molecule has 0 atom stereocenters. The molecule has 33 heavy (non-hydrogen) atoms. The largest absolute Gasteiger partial charge is 0.342 e. The van der Waals surface area contributed by atoms with Crippen molar-refractivity contribution in [1.29, 1.82) is 5.41 Å². The van der Waals surface area contributed by atoms with Crippen LogP contribution in [0.1, 0.15) is 24.5 Å². The van der Waals surface area contributed by atoms with Gasteiger partial charge in [0.2, 0.25) is 5.13 Å². The van der Waals surface area contributed by atoms with Gasteiger partial charge in [0.15, 0.2) is 5.49 Å². The van der Waals surface area contributed by atoms with E-state index in [9.17, 15) is 4.79 Å². The van der Waals surface area contributed by atoms with E-state index in [0.717, 1.165) is 33.1 Å². The monoisotopic (exact) mass is 495 g/mol. The summed E-state index contributed by atoms with van der Waals surface area (Å²) < 4.78 is 4.49. The van der Waals surface area contributed by atoms with E-state index in [4.69, 9.17) is 28.6 Å². The average Bonchev–Trinajstić information content (AvgIpc) is 3.35. The van der Waals surface area contributed by atoms with Crippen LogP contribution >= 0.6 is 34.5 Å². The number of hydrogen-bond acceptors (Lipinski definition) is 4. The maximum absolute atomic E-state index is 12.8. The molecule has 0 aliphatic carbocycles. The molecule has 0 amide bonds. The number of aromatic amines is 1. The lowest BCUT2D eigenvalue weighted by Gasteiger charge is -2.08. The second-order valence-corrected chi connectivity index (χ2v) is 9.45. The van der Waals surface area contributed by atoms with Crippen LogP contribution in [0, 0.1) is 5.41 Å². The lowest BCUT2D eigenvalue weighted by Crippen LogP contribution is -2.47. The fraction of sp³-hybridized carbons (Fsp3) is 0.125. The first-order valence-electron chi connectivity index (χ1n) is 10.3. The van der Waals surface area contributed by atoms with Gasteiger partial charge in [0.1, 0.15) is 4.66 Å². The van der Waals surface area contributed by atoms with Gasteiger partial charge in [0.25, 0.3) is 5.56 Å². The van der Waals surface area contributed by atoms with Crippen molar-refractivity contribution in [1.82, 2.24) is 19.3 Å². The van der Waals surface area contributed by atoms with Crippen molar-refractivity contribution in [3.05, 3.63) is 95.6 Å². The van der Waals surface area contributed by atoms with Crippen LogP contribution in [0.25, 0.3) is 28.2 Å². The van der Waals surface area contributed by atoms with Crippen LogP contribution in [-0.4, -0.2) is 19.3 Å². The second-order valence-electron chi connectivity index (χ2n) is 7.60. The van der Waals surface area contributed by atoms with E-state index in [2.05, 4.69) is 14.6 Å². The van der Waals surface area contributed by atoms with Gasteiger partial charge in [-0.15, -0.1) is 0 Å². The molecule has 0 fully saturated rings. The highest BCUT2D eigenvalue weighted by molar-refractivity contribution is 7.11. The number of nitrogens with zero attached hydrogens (tertiary/aromatic N) is 3. The summed E-state index contributed by atoms with van der Waals surface area (Å²) in [5.41, 5.74) is 2.42. The van der Waals surface area contributed by atoms with Gasteiger partial charge in [0, 0.05) is 39.3 Å². The Morgan fingerprint density at radius 3 is 2.82 bits per heavy atom. The number of aromatic nitrogens is 4. The van der Waals surface area contributed by atoms with Crippen LogP contribution in [0.4, 0.5) is 0 Å². The Balaban J connectivity index is 1.70. The van der Waals surface area contributed by atoms with Crippen molar-refractivity contribution in [3.63, 3.8) is 0 Å². The van der Waals surface area contributed by atoms with Crippen LogP contribution in [0.5, 0.6) is 0 Å². The van der Waals surface area contributed by atoms with Crippen molar-refractivity contribution in [3.8, 4) is 5.13 Å². The van der Waals surface area contributed by atoms with Gasteiger partial charge in [-0.3, -0.25) is 15.3 Å². The van der Waals surface area contributed by atoms with E-state index in [1.807, 2.05) is 55.6 Å². The predicted octanol–water partition coefficient (Wildman–Crippen LogP) is 3.87. The fourth-order valence-corrected chi connectivity index (χ4v) is 5.24. The Morgan fingerprint density at radius 1 is 1.21 bits per heavy atom. The molecule has 9 heteroatoms. The maximum atomic E-state index is 12.8. The minimum absolute atomic E-state index is 0.0783. The molecule has 0 saturated heterocycles. The van der Waals surface area contributed by atoms with E-state index in [-0.39, 0.29) is 10.7 Å². The van der Waals surface area contributed by atoms with Crippen LogP contribution < -0.4 is 20.9 Å². The third-order valence-electron chi connectivity index (χ3n) is 5.39. The van der Waals surface area contributed by atoms with Gasteiger partial charge >= 0.3 is 0 Å². The minimum Gasteiger partial charge on any atom is -0.342 e. The summed E-state index contributed by atoms with van der Waals surface area (Å²) in [6, 6.07) is 13.4. The summed E-state index contributed by atoms with van der Waals surface area (Å²) in [4.78, 5) is 17.0. The molecule has 0 radical (unpaired) electrons. The maximum Gasteiger partial charge on any atom is 0.283 e. The molecule has 2 N–H and O–H groups in total. The van der Waals surface area contributed by atoms with Gasteiger partial charge < -0.3 is 4.57 Å². The zero-order chi connectivity index (χ0) is 23.1. The number of para-hydroxylation sites is 1. The number of benzene rings is 2. The number of halogens is 2. The predicted molar refractivity (Wildman–Crippen MR) is 134 cm³/mol. The molecule has 1 aromatic heterocycles. The molecular weight excluding hydrogens is 477 g/mol. The molecule has 2 aliphatic heterocycles. The average molecular weight is 496 g/mol. The van der Waals surface area contributed by atoms with Crippen LogP contribution in [0.15, 0.2) is 53.5 Å². The molecule has 0 spiro atoms. The molecule has 2 aliphatic rings. The van der Waals surface area contributed by atoms with Crippen molar-refractivity contribution >= 4 is 57.6 Å². The van der Waals surface area contributed by atoms with E-state index < -0.39 is 5.56 Å². The highest BCUT2D eigenvalue weighted by Gasteiger charge is 2.13. The minimum atomic E-state index is -0.420. The Labute approximate surface area is 202 Å². The molecular formula is C24H19Cl2N5OS. The fourth-order valence-electron chi connectivity index (χ4n) is 3.83. The van der Waals surface area contributed by atoms with Crippen molar-refractivity contribution in [2.45, 2.75) is 19.9 Å². The summed E-state index contributed by atoms with van der Waals surface area (Å²) in [6.07, 6.45) is 6.55. The molecule has 0 bridgehead atoms. The normalized spacial score (nSPS) is 12.9. The number of hydrogen-bond donors (Lipinski definition) is 2. The van der Waals surface area contributed by atoms with Crippen molar-refractivity contribution < 1.29 is 0 Å². The molecule has 3 heterocycles. The van der Waals surface area contributed by atoms with Crippen LogP contribution in [0.2, 0.25) is 10.0 Å². The summed E-state index contributed by atoms with van der Waals surface area (Å²) >= 11 is 13.8. The van der Waals surface area contributed by atoms with Gasteiger partial charge in [-0.05, 0) is 42.3 Å². The standard InChI is InChI=1S/C24H19Cl2N5OS/c1-2-5-21-29-31-22(27)18(23(32)28-24(31)33-21)10-15-13-30(20-7-4-3-6-17(15)20)12-14-8-9-16(25)11-19(14)26/h3-11,13,27,29H,2,12H2,1H3. The topological polar surface area (TPSA) is 79.5 Å². The smallest absolute Gasteiger partial charge is 0.283 e. The second kappa shape index (κ2) is 8.67. The summed E-state index contributed by atoms with van der Waals surface area (Å²) in [5.74, 6) is 0. The quantitative estimate of drug-likeness (QED) is 0.396. The van der Waals surface area contributed by atoms with Crippen LogP contribution in [0.3, 0.4) is 0 Å². The first kappa shape index (κ1) is 21.7. The van der Waals surface area contributed by atoms with Crippen LogP contribution in [-0.2, 0) is 6.54 Å². The molecule has 0 saturated carbocycles. The molecule has 0 unspecified atom stereocenters. The third-order valence-corrected chi connectivity index (χ3v) is 6.91. The molecule has 5 rings (SSSR count). The van der Waals surface area contributed by atoms with Gasteiger partial charge in [-0.2, -0.15) is 4.98 Å². The van der Waals surface area contributed by atoms with E-state index in [0.29, 0.717) is 21.7 Å².